The van der Waals surface area contributed by atoms with Crippen LogP contribution in [0.5, 0.6) is 0 Å². The average Bonchev–Trinajstić information content (AvgIpc) is 3.30. The highest BCUT2D eigenvalue weighted by Gasteiger charge is 2.41. The van der Waals surface area contributed by atoms with E-state index in [-0.39, 0.29) is 11.9 Å². The third-order valence-electron chi connectivity index (χ3n) is 7.26. The summed E-state index contributed by atoms with van der Waals surface area (Å²) in [5.41, 5.74) is 6.65. The van der Waals surface area contributed by atoms with Crippen LogP contribution < -0.4 is 0 Å². The van der Waals surface area contributed by atoms with Gasteiger partial charge in [0.05, 0.1) is 10.6 Å². The molecule has 2 heterocycles. The topological polar surface area (TPSA) is 37.6 Å². The Labute approximate surface area is 212 Å². The van der Waals surface area contributed by atoms with E-state index in [4.69, 9.17) is 4.99 Å². The van der Waals surface area contributed by atoms with Gasteiger partial charge in [-0.1, -0.05) is 55.7 Å². The molecule has 2 atom stereocenters. The van der Waals surface area contributed by atoms with Crippen molar-refractivity contribution in [3.8, 4) is 5.69 Å². The van der Waals surface area contributed by atoms with E-state index >= 15 is 0 Å². The number of carbonyl (C=O) groups is 1. The number of carbonyl (C=O) groups excluding carboxylic acids is 1. The molecule has 35 heavy (non-hydrogen) atoms. The molecular weight excluding hydrogens is 450 g/mol. The number of para-hydroxylation sites is 1. The molecule has 1 aliphatic heterocycles. The Morgan fingerprint density at radius 2 is 1.69 bits per heavy atom. The minimum Gasteiger partial charge on any atom is -0.318 e. The molecule has 1 aliphatic carbocycles. The highest BCUT2D eigenvalue weighted by atomic mass is 32.2. The maximum atomic E-state index is 13.8. The summed E-state index contributed by atoms with van der Waals surface area (Å²) in [7, 11) is 0. The van der Waals surface area contributed by atoms with Gasteiger partial charge in [-0.15, -0.1) is 0 Å². The monoisotopic (exact) mass is 483 g/mol. The number of benzene rings is 2. The number of amides is 1. The molecule has 4 nitrogen and oxygen atoms in total. The van der Waals surface area contributed by atoms with E-state index in [1.807, 2.05) is 35.2 Å². The van der Waals surface area contributed by atoms with E-state index in [1.165, 1.54) is 30.2 Å². The Kier molecular flexibility index (Phi) is 6.70. The molecule has 1 amide bonds. The van der Waals surface area contributed by atoms with Crippen LogP contribution in [0.2, 0.25) is 0 Å². The molecule has 0 N–H and O–H groups in total. The largest absolute Gasteiger partial charge is 0.318 e. The van der Waals surface area contributed by atoms with E-state index in [2.05, 4.69) is 68.7 Å². The van der Waals surface area contributed by atoms with Crippen LogP contribution in [-0.2, 0) is 4.79 Å². The maximum Gasteiger partial charge on any atom is 0.267 e. The lowest BCUT2D eigenvalue weighted by atomic mass is 9.85. The van der Waals surface area contributed by atoms with E-state index < -0.39 is 0 Å². The van der Waals surface area contributed by atoms with Crippen LogP contribution in [0.15, 0.2) is 70.6 Å². The number of hydrogen-bond donors (Lipinski definition) is 0. The summed E-state index contributed by atoms with van der Waals surface area (Å²) in [5.74, 6) is 0.559. The van der Waals surface area contributed by atoms with Gasteiger partial charge in [-0.2, -0.15) is 0 Å². The molecule has 5 heteroatoms. The molecule has 180 valence electrons. The molecule has 0 spiro atoms. The van der Waals surface area contributed by atoms with Gasteiger partial charge in [0, 0.05) is 23.1 Å². The van der Waals surface area contributed by atoms with Crippen molar-refractivity contribution in [1.82, 2.24) is 9.47 Å². The second-order valence-corrected chi connectivity index (χ2v) is 10.9. The maximum absolute atomic E-state index is 13.8. The number of aromatic nitrogens is 1. The molecule has 0 radical (unpaired) electrons. The van der Waals surface area contributed by atoms with Crippen molar-refractivity contribution in [2.45, 2.75) is 59.4 Å². The van der Waals surface area contributed by atoms with E-state index in [0.29, 0.717) is 5.92 Å². The second-order valence-electron chi connectivity index (χ2n) is 9.84. The van der Waals surface area contributed by atoms with Crippen LogP contribution in [0.25, 0.3) is 11.8 Å². The lowest BCUT2D eigenvalue weighted by Crippen LogP contribution is -2.44. The van der Waals surface area contributed by atoms with Crippen molar-refractivity contribution in [1.29, 1.82) is 0 Å². The number of thioether (sulfide) groups is 1. The molecule has 1 saturated carbocycles. The second kappa shape index (κ2) is 9.90. The minimum absolute atomic E-state index is 0.0866. The lowest BCUT2D eigenvalue weighted by Gasteiger charge is -2.35. The molecule has 2 fully saturated rings. The zero-order valence-corrected chi connectivity index (χ0v) is 21.8. The summed E-state index contributed by atoms with van der Waals surface area (Å²) >= 11 is 1.51. The summed E-state index contributed by atoms with van der Waals surface area (Å²) in [6.45, 7) is 8.63. The van der Waals surface area contributed by atoms with Gasteiger partial charge in [-0.25, -0.2) is 4.99 Å². The summed E-state index contributed by atoms with van der Waals surface area (Å²) < 4.78 is 2.26. The van der Waals surface area contributed by atoms with Crippen LogP contribution >= 0.6 is 11.8 Å². The first-order valence-electron chi connectivity index (χ1n) is 12.5. The molecule has 1 aromatic heterocycles. The van der Waals surface area contributed by atoms with Gasteiger partial charge >= 0.3 is 0 Å². The molecule has 1 saturated heterocycles. The Morgan fingerprint density at radius 3 is 2.40 bits per heavy atom. The predicted molar refractivity (Wildman–Crippen MR) is 147 cm³/mol. The average molecular weight is 484 g/mol. The zero-order valence-electron chi connectivity index (χ0n) is 21.0. The first kappa shape index (κ1) is 23.7. The fraction of sp³-hybridized carbons (Fsp3) is 0.333. The first-order chi connectivity index (χ1) is 16.9. The fourth-order valence-electron chi connectivity index (χ4n) is 5.32. The molecule has 2 aliphatic rings. The van der Waals surface area contributed by atoms with Gasteiger partial charge in [0.15, 0.2) is 5.17 Å². The van der Waals surface area contributed by atoms with Crippen LogP contribution in [0.4, 0.5) is 5.69 Å². The predicted octanol–water partition coefficient (Wildman–Crippen LogP) is 7.59. The Bertz CT molecular complexity index is 1290. The Morgan fingerprint density at radius 1 is 0.971 bits per heavy atom. The highest BCUT2D eigenvalue weighted by molar-refractivity contribution is 8.18. The van der Waals surface area contributed by atoms with Crippen molar-refractivity contribution in [2.24, 2.45) is 10.9 Å². The molecule has 5 rings (SSSR count). The lowest BCUT2D eigenvalue weighted by molar-refractivity contribution is -0.124. The number of amidine groups is 1. The zero-order chi connectivity index (χ0) is 24.5. The first-order valence-corrected chi connectivity index (χ1v) is 13.4. The van der Waals surface area contributed by atoms with Gasteiger partial charge < -0.3 is 4.57 Å². The quantitative estimate of drug-likeness (QED) is 0.359. The molecule has 3 aromatic rings. The summed E-state index contributed by atoms with van der Waals surface area (Å²) in [6, 6.07) is 20.9. The molecule has 0 unspecified atom stereocenters. The summed E-state index contributed by atoms with van der Waals surface area (Å²) in [4.78, 5) is 21.5. The number of nitrogens with zero attached hydrogens (tertiary/aromatic N) is 3. The van der Waals surface area contributed by atoms with Gasteiger partial charge in [0.2, 0.25) is 0 Å². The Hall–Kier alpha value is -3.05. The normalized spacial score (nSPS) is 23.0. The summed E-state index contributed by atoms with van der Waals surface area (Å²) in [6.07, 6.45) is 6.67. The SMILES string of the molecule is Cc1ccc(-n2c(C)cc(/C=C3\SC(=Nc4ccccc4)N([C@@H]4CCCC[C@H]4C)C3=O)c2C)cc1. The van der Waals surface area contributed by atoms with Crippen molar-refractivity contribution < 1.29 is 4.79 Å². The van der Waals surface area contributed by atoms with Gasteiger partial charge in [0.25, 0.3) is 5.91 Å². The van der Waals surface area contributed by atoms with Crippen molar-refractivity contribution >= 4 is 34.6 Å². The van der Waals surface area contributed by atoms with Crippen LogP contribution in [0.3, 0.4) is 0 Å². The van der Waals surface area contributed by atoms with Crippen molar-refractivity contribution in [3.05, 3.63) is 88.1 Å². The fourth-order valence-corrected chi connectivity index (χ4v) is 6.35. The van der Waals surface area contributed by atoms with Crippen LogP contribution in [0, 0.1) is 26.7 Å². The van der Waals surface area contributed by atoms with E-state index in [0.717, 1.165) is 51.2 Å². The smallest absolute Gasteiger partial charge is 0.267 e. The van der Waals surface area contributed by atoms with E-state index in [1.54, 1.807) is 0 Å². The Balaban J connectivity index is 1.53. The number of aliphatic imine (C=N–C) groups is 1. The van der Waals surface area contributed by atoms with Gasteiger partial charge in [-0.05, 0) is 93.3 Å². The minimum atomic E-state index is 0.0866. The summed E-state index contributed by atoms with van der Waals surface area (Å²) in [5, 5.41) is 0.804. The van der Waals surface area contributed by atoms with Crippen LogP contribution in [-0.4, -0.2) is 26.6 Å². The third kappa shape index (κ3) is 4.74. The number of rotatable bonds is 4. The third-order valence-corrected chi connectivity index (χ3v) is 8.25. The number of aryl methyl sites for hydroxylation is 2. The van der Waals surface area contributed by atoms with Gasteiger partial charge in [-0.3, -0.25) is 9.69 Å². The molecule has 0 bridgehead atoms. The highest BCUT2D eigenvalue weighted by Crippen LogP contribution is 2.40. The molecule has 2 aromatic carbocycles. The van der Waals surface area contributed by atoms with Crippen molar-refractivity contribution in [3.63, 3.8) is 0 Å². The number of hydrogen-bond acceptors (Lipinski definition) is 3. The van der Waals surface area contributed by atoms with Crippen molar-refractivity contribution in [2.75, 3.05) is 0 Å². The van der Waals surface area contributed by atoms with Gasteiger partial charge in [0.1, 0.15) is 0 Å². The standard InChI is InChI=1S/C30H33N3OS/c1-20-14-16-26(17-15-20)32-22(3)18-24(23(32)4)19-28-29(34)33(27-13-9-8-10-21(27)2)30(35-28)31-25-11-6-5-7-12-25/h5-7,11-12,14-19,21,27H,8-10,13H2,1-4H3/b28-19-,31-30?/t21-,27-/m1/s1. The van der Waals surface area contributed by atoms with Crippen LogP contribution in [0.1, 0.15) is 55.1 Å². The van der Waals surface area contributed by atoms with E-state index in [9.17, 15) is 4.79 Å². The molecular formula is C30H33N3OS.